The van der Waals surface area contributed by atoms with E-state index in [2.05, 4.69) is 0 Å². The zero-order valence-corrected chi connectivity index (χ0v) is 23.0. The zero-order valence-electron chi connectivity index (χ0n) is 21.1. The Hall–Kier alpha value is -1.76. The summed E-state index contributed by atoms with van der Waals surface area (Å²) >= 11 is 0. The number of hydrogen-bond acceptors (Lipinski definition) is 10. The number of hydrogen-bond donors (Lipinski definition) is 4. The molecule has 2 aliphatic heterocycles. The zero-order chi connectivity index (χ0) is 25.6. The first-order valence-corrected chi connectivity index (χ1v) is 12.8. The van der Waals surface area contributed by atoms with Crippen LogP contribution in [0.5, 0.6) is 11.5 Å². The number of aliphatic hydroxyl groups is 2. The Kier molecular flexibility index (Phi) is 8.52. The molecule has 37 heavy (non-hydrogen) atoms. The van der Waals surface area contributed by atoms with Gasteiger partial charge in [0.05, 0.1) is 12.9 Å². The van der Waals surface area contributed by atoms with Crippen LogP contribution in [-0.4, -0.2) is 63.3 Å². The van der Waals surface area contributed by atoms with Crippen LogP contribution < -0.4 is 34.3 Å². The van der Waals surface area contributed by atoms with Crippen molar-refractivity contribution in [2.24, 2.45) is 0 Å². The van der Waals surface area contributed by atoms with Crippen LogP contribution in [0.25, 0.3) is 11.0 Å². The van der Waals surface area contributed by atoms with Gasteiger partial charge in [0.15, 0.2) is 5.78 Å². The summed E-state index contributed by atoms with van der Waals surface area (Å²) in [4.78, 5) is 22.7. The second-order valence-electron chi connectivity index (χ2n) is 8.85. The Balaban J connectivity index is 0.00000200. The molecule has 13 heteroatoms. The van der Waals surface area contributed by atoms with Gasteiger partial charge in [-0.2, -0.15) is 0 Å². The molecule has 0 spiro atoms. The van der Waals surface area contributed by atoms with Crippen molar-refractivity contribution in [1.82, 2.24) is 0 Å². The van der Waals surface area contributed by atoms with Gasteiger partial charge in [-0.05, 0) is 54.8 Å². The third-order valence-corrected chi connectivity index (χ3v) is 7.19. The summed E-state index contributed by atoms with van der Waals surface area (Å²) in [7, 11) is -4.38. The number of ketones is 1. The summed E-state index contributed by atoms with van der Waals surface area (Å²) in [6, 6.07) is 10.4. The normalized spacial score (nSPS) is 29.4. The topological polar surface area (TPSA) is 165 Å². The third kappa shape index (κ3) is 5.97. The van der Waals surface area contributed by atoms with Crippen molar-refractivity contribution in [2.75, 3.05) is 6.61 Å². The van der Waals surface area contributed by atoms with E-state index in [-0.39, 0.29) is 61.1 Å². The van der Waals surface area contributed by atoms with Gasteiger partial charge in [-0.25, -0.2) is 4.57 Å². The Labute approximate surface area is 235 Å². The van der Waals surface area contributed by atoms with Gasteiger partial charge < -0.3 is 35.5 Å². The third-order valence-electron chi connectivity index (χ3n) is 6.20. The van der Waals surface area contributed by atoms with Crippen LogP contribution in [0, 0.1) is 6.92 Å². The maximum Gasteiger partial charge on any atom is 1.00 e. The number of rotatable bonds is 6. The number of furan rings is 1. The number of carbonyl (C=O) groups excluding carboxylic acids is 1. The molecule has 6 atom stereocenters. The number of phenols is 1. The van der Waals surface area contributed by atoms with Crippen molar-refractivity contribution >= 4 is 24.6 Å². The number of aliphatic hydroxyl groups excluding tert-OH is 2. The Morgan fingerprint density at radius 1 is 1.19 bits per heavy atom. The monoisotopic (exact) mass is 544 g/mol. The molecule has 0 amide bonds. The van der Waals surface area contributed by atoms with Gasteiger partial charge in [-0.3, -0.25) is 13.8 Å². The van der Waals surface area contributed by atoms with E-state index < -0.39 is 44.3 Å². The Bertz CT molecular complexity index is 1350. The SMILES string of the molecule is Cc1cc(O)c(C(=O)CCc2ccc3occc3c2)c(O[C@@H]2O[C@@H]3COP(=O)(O)O[C@H]3[C@H](O)[C@H]2O)c1.[H-].[Na+]. The number of phosphoric ester groups is 1. The standard InChI is InChI=1S/C24H25O11P.Na.H/c1-12-8-16(26)20(15(25)4-2-13-3-5-17-14(10-13)6-7-31-17)18(9-12)33-24-22(28)21(27)23-19(34-24)11-32-36(29,30)35-23;;/h3,5-10,19,21-24,26-28H,2,4,11H2,1H3,(H,29,30);;/q;+1;-1/t19-,21-,22-,23-,24-;;/m1../s1. The van der Waals surface area contributed by atoms with Crippen molar-refractivity contribution < 1.29 is 83.5 Å². The van der Waals surface area contributed by atoms with Gasteiger partial charge >= 0.3 is 37.4 Å². The molecule has 3 aromatic rings. The molecule has 2 aliphatic rings. The average Bonchev–Trinajstić information content (AvgIpc) is 3.29. The molecule has 5 rings (SSSR count). The molecule has 1 aromatic heterocycles. The maximum absolute atomic E-state index is 13.2. The fourth-order valence-electron chi connectivity index (χ4n) is 4.41. The van der Waals surface area contributed by atoms with Crippen LogP contribution >= 0.6 is 7.82 Å². The van der Waals surface area contributed by atoms with Crippen molar-refractivity contribution in [2.45, 2.75) is 50.5 Å². The molecule has 194 valence electrons. The largest absolute Gasteiger partial charge is 1.00 e. The summed E-state index contributed by atoms with van der Waals surface area (Å²) in [5.41, 5.74) is 2.14. The van der Waals surface area contributed by atoms with E-state index in [0.29, 0.717) is 12.0 Å². The summed E-state index contributed by atoms with van der Waals surface area (Å²) < 4.78 is 38.0. The van der Waals surface area contributed by atoms with Crippen LogP contribution in [0.15, 0.2) is 47.1 Å². The van der Waals surface area contributed by atoms with E-state index >= 15 is 0 Å². The number of benzene rings is 2. The molecule has 0 bridgehead atoms. The number of ether oxygens (including phenoxy) is 2. The quantitative estimate of drug-likeness (QED) is 0.183. The number of phosphoric acid groups is 1. The summed E-state index contributed by atoms with van der Waals surface area (Å²) in [6.07, 6.45) is -5.07. The summed E-state index contributed by atoms with van der Waals surface area (Å²) in [6.45, 7) is 1.31. The second kappa shape index (κ2) is 11.2. The van der Waals surface area contributed by atoms with Crippen LogP contribution in [-0.2, 0) is 24.8 Å². The minimum Gasteiger partial charge on any atom is -1.00 e. The molecule has 0 saturated carbocycles. The summed E-state index contributed by atoms with van der Waals surface area (Å²) in [5.74, 6) is -0.735. The number of carbonyl (C=O) groups is 1. The van der Waals surface area contributed by atoms with E-state index in [9.17, 15) is 29.6 Å². The predicted octanol–water partition coefficient (Wildman–Crippen LogP) is -0.280. The fraction of sp³-hybridized carbons (Fsp3) is 0.375. The first-order chi connectivity index (χ1) is 17.1. The van der Waals surface area contributed by atoms with Crippen LogP contribution in [0.4, 0.5) is 0 Å². The molecule has 4 N–H and O–H groups in total. The van der Waals surface area contributed by atoms with E-state index in [1.165, 1.54) is 12.1 Å². The van der Waals surface area contributed by atoms with E-state index in [4.69, 9.17) is 22.9 Å². The summed E-state index contributed by atoms with van der Waals surface area (Å²) in [5, 5.41) is 32.5. The van der Waals surface area contributed by atoms with Crippen LogP contribution in [0.3, 0.4) is 0 Å². The number of phenolic OH excluding ortho intramolecular Hbond substituents is 1. The molecular formula is C24H26NaO11P. The molecule has 1 unspecified atom stereocenters. The maximum atomic E-state index is 13.2. The first kappa shape index (κ1) is 28.3. The molecule has 2 aromatic carbocycles. The number of Topliss-reactive ketones (excluding diaryl/α,β-unsaturated/α-hetero) is 1. The van der Waals surface area contributed by atoms with Gasteiger partial charge in [-0.15, -0.1) is 0 Å². The number of aryl methyl sites for hydroxylation is 2. The molecule has 11 nitrogen and oxygen atoms in total. The molecule has 2 fully saturated rings. The van der Waals surface area contributed by atoms with Crippen LogP contribution in [0.1, 0.15) is 29.3 Å². The van der Waals surface area contributed by atoms with Crippen molar-refractivity contribution in [3.05, 3.63) is 59.4 Å². The van der Waals surface area contributed by atoms with Crippen molar-refractivity contribution in [3.63, 3.8) is 0 Å². The van der Waals surface area contributed by atoms with Crippen molar-refractivity contribution in [1.29, 1.82) is 0 Å². The van der Waals surface area contributed by atoms with Crippen LogP contribution in [0.2, 0.25) is 0 Å². The molecule has 2 saturated heterocycles. The predicted molar refractivity (Wildman–Crippen MR) is 125 cm³/mol. The fourth-order valence-corrected chi connectivity index (χ4v) is 5.37. The van der Waals surface area contributed by atoms with Gasteiger partial charge in [0.2, 0.25) is 6.29 Å². The average molecular weight is 544 g/mol. The minimum absolute atomic E-state index is 0. The van der Waals surface area contributed by atoms with Gasteiger partial charge in [0.1, 0.15) is 47.1 Å². The molecule has 0 aliphatic carbocycles. The molecule has 0 radical (unpaired) electrons. The molecular weight excluding hydrogens is 518 g/mol. The van der Waals surface area contributed by atoms with Gasteiger partial charge in [0.25, 0.3) is 0 Å². The van der Waals surface area contributed by atoms with Gasteiger partial charge in [-0.1, -0.05) is 6.07 Å². The van der Waals surface area contributed by atoms with Gasteiger partial charge in [0, 0.05) is 11.8 Å². The second-order valence-corrected chi connectivity index (χ2v) is 10.3. The Morgan fingerprint density at radius 3 is 2.76 bits per heavy atom. The molecule has 3 heterocycles. The first-order valence-electron chi connectivity index (χ1n) is 11.3. The van der Waals surface area contributed by atoms with E-state index in [1.807, 2.05) is 24.3 Å². The number of aromatic hydroxyl groups is 1. The minimum atomic E-state index is -4.38. The van der Waals surface area contributed by atoms with Crippen molar-refractivity contribution in [3.8, 4) is 11.5 Å². The Morgan fingerprint density at radius 2 is 1.97 bits per heavy atom. The van der Waals surface area contributed by atoms with E-state index in [0.717, 1.165) is 16.5 Å². The van der Waals surface area contributed by atoms with E-state index in [1.54, 1.807) is 13.2 Å². The number of fused-ring (bicyclic) bond motifs is 2. The smallest absolute Gasteiger partial charge is 1.00 e.